The first-order chi connectivity index (χ1) is 18.3. The summed E-state index contributed by atoms with van der Waals surface area (Å²) >= 11 is 0. The Morgan fingerprint density at radius 3 is 2.63 bits per heavy atom. The zero-order valence-corrected chi connectivity index (χ0v) is 23.6. The van der Waals surface area contributed by atoms with E-state index in [1.807, 2.05) is 24.3 Å². The SMILES string of the molecule is COC1=Cc2c(OC3C=CC(NC(O)C(C(C)C)N(C)CC4=CCCC=C4)=CC3)ccnc2C(C)C1OC. The predicted octanol–water partition coefficient (Wildman–Crippen LogP) is 4.93. The number of nitrogens with one attached hydrogen (secondary N) is 1. The topological polar surface area (TPSA) is 76.1 Å². The van der Waals surface area contributed by atoms with Gasteiger partial charge in [0, 0.05) is 43.5 Å². The van der Waals surface area contributed by atoms with Crippen molar-refractivity contribution in [1.82, 2.24) is 15.2 Å². The Balaban J connectivity index is 1.39. The molecule has 7 heteroatoms. The molecule has 5 unspecified atom stereocenters. The molecule has 4 rings (SSSR count). The lowest BCUT2D eigenvalue weighted by Crippen LogP contribution is -2.51. The highest BCUT2D eigenvalue weighted by Gasteiger charge is 2.33. The van der Waals surface area contributed by atoms with Gasteiger partial charge in [-0.1, -0.05) is 45.1 Å². The van der Waals surface area contributed by atoms with Crippen molar-refractivity contribution in [2.45, 2.75) is 70.4 Å². The van der Waals surface area contributed by atoms with Gasteiger partial charge >= 0.3 is 0 Å². The number of hydrogen-bond donors (Lipinski definition) is 2. The maximum absolute atomic E-state index is 11.1. The van der Waals surface area contributed by atoms with Crippen molar-refractivity contribution in [1.29, 1.82) is 0 Å². The molecule has 3 aliphatic carbocycles. The molecule has 0 aliphatic heterocycles. The first-order valence-corrected chi connectivity index (χ1v) is 13.6. The molecule has 7 nitrogen and oxygen atoms in total. The normalized spacial score (nSPS) is 24.3. The summed E-state index contributed by atoms with van der Waals surface area (Å²) in [7, 11) is 5.44. The smallest absolute Gasteiger partial charge is 0.140 e. The summed E-state index contributed by atoms with van der Waals surface area (Å²) in [5, 5.41) is 14.5. The van der Waals surface area contributed by atoms with Crippen LogP contribution >= 0.6 is 0 Å². The second-order valence-corrected chi connectivity index (χ2v) is 10.7. The fraction of sp³-hybridized carbons (Fsp3) is 0.516. The van der Waals surface area contributed by atoms with Crippen LogP contribution in [0.1, 0.15) is 57.2 Å². The fourth-order valence-electron chi connectivity index (χ4n) is 5.70. The number of aromatic nitrogens is 1. The summed E-state index contributed by atoms with van der Waals surface area (Å²) in [6, 6.07) is 1.87. The molecule has 3 aliphatic rings. The molecule has 0 radical (unpaired) electrons. The minimum atomic E-state index is -0.693. The molecule has 0 saturated carbocycles. The Labute approximate surface area is 227 Å². The molecule has 1 aromatic heterocycles. The summed E-state index contributed by atoms with van der Waals surface area (Å²) in [5.41, 5.74) is 4.10. The Kier molecular flexibility index (Phi) is 9.47. The number of hydrogen-bond acceptors (Lipinski definition) is 7. The van der Waals surface area contributed by atoms with Crippen molar-refractivity contribution in [3.05, 3.63) is 77.0 Å². The highest BCUT2D eigenvalue weighted by Crippen LogP contribution is 2.39. The van der Waals surface area contributed by atoms with Gasteiger partial charge in [0.25, 0.3) is 0 Å². The van der Waals surface area contributed by atoms with Crippen molar-refractivity contribution in [3.8, 4) is 5.75 Å². The summed E-state index contributed by atoms with van der Waals surface area (Å²) in [5.74, 6) is 1.88. The highest BCUT2D eigenvalue weighted by molar-refractivity contribution is 5.65. The van der Waals surface area contributed by atoms with Crippen LogP contribution < -0.4 is 10.1 Å². The molecule has 0 spiro atoms. The lowest BCUT2D eigenvalue weighted by Gasteiger charge is -2.36. The first-order valence-electron chi connectivity index (χ1n) is 13.6. The average molecular weight is 522 g/mol. The van der Waals surface area contributed by atoms with Gasteiger partial charge in [0.05, 0.1) is 18.8 Å². The van der Waals surface area contributed by atoms with Gasteiger partial charge < -0.3 is 24.6 Å². The Morgan fingerprint density at radius 1 is 1.18 bits per heavy atom. The van der Waals surface area contributed by atoms with Crippen LogP contribution in [0.4, 0.5) is 0 Å². The van der Waals surface area contributed by atoms with Gasteiger partial charge in [-0.15, -0.1) is 0 Å². The van der Waals surface area contributed by atoms with Gasteiger partial charge in [0.15, 0.2) is 0 Å². The van der Waals surface area contributed by atoms with Crippen molar-refractivity contribution in [3.63, 3.8) is 0 Å². The number of nitrogens with zero attached hydrogens (tertiary/aromatic N) is 2. The Bertz CT molecular complexity index is 1120. The van der Waals surface area contributed by atoms with Crippen LogP contribution in [0.25, 0.3) is 6.08 Å². The summed E-state index contributed by atoms with van der Waals surface area (Å²) in [6.07, 6.45) is 18.5. The van der Waals surface area contributed by atoms with E-state index in [9.17, 15) is 5.11 Å². The summed E-state index contributed by atoms with van der Waals surface area (Å²) < 4.78 is 17.7. The molecule has 2 N–H and O–H groups in total. The average Bonchev–Trinajstić information content (AvgIpc) is 2.90. The van der Waals surface area contributed by atoms with Gasteiger partial charge in [-0.25, -0.2) is 0 Å². The second kappa shape index (κ2) is 12.8. The van der Waals surface area contributed by atoms with Crippen LogP contribution in [0.3, 0.4) is 0 Å². The third-order valence-corrected chi connectivity index (χ3v) is 7.60. The molecule has 0 amide bonds. The van der Waals surface area contributed by atoms with E-state index in [2.05, 4.69) is 67.3 Å². The molecule has 0 fully saturated rings. The number of allylic oxidation sites excluding steroid dienone is 3. The van der Waals surface area contributed by atoms with Gasteiger partial charge in [0.1, 0.15) is 29.9 Å². The molecule has 1 heterocycles. The van der Waals surface area contributed by atoms with Crippen molar-refractivity contribution in [2.24, 2.45) is 5.92 Å². The molecule has 5 atom stereocenters. The first kappa shape index (κ1) is 28.1. The number of rotatable bonds is 11. The van der Waals surface area contributed by atoms with Crippen LogP contribution in [0.2, 0.25) is 0 Å². The molecule has 0 saturated heterocycles. The fourth-order valence-corrected chi connectivity index (χ4v) is 5.70. The van der Waals surface area contributed by atoms with Gasteiger partial charge in [0.2, 0.25) is 0 Å². The van der Waals surface area contributed by atoms with E-state index in [0.717, 1.165) is 47.8 Å². The van der Waals surface area contributed by atoms with Crippen LogP contribution in [0.15, 0.2) is 65.7 Å². The monoisotopic (exact) mass is 521 g/mol. The van der Waals surface area contributed by atoms with E-state index in [1.165, 1.54) is 5.57 Å². The number of methoxy groups -OCH3 is 2. The minimum Gasteiger partial charge on any atom is -0.498 e. The zero-order chi connectivity index (χ0) is 27.2. The highest BCUT2D eigenvalue weighted by atomic mass is 16.5. The van der Waals surface area contributed by atoms with E-state index in [0.29, 0.717) is 6.42 Å². The number of ether oxygens (including phenoxy) is 3. The molecule has 0 aromatic carbocycles. The molecular weight excluding hydrogens is 478 g/mol. The van der Waals surface area contributed by atoms with Crippen LogP contribution in [0, 0.1) is 5.92 Å². The van der Waals surface area contributed by atoms with E-state index in [-0.39, 0.29) is 30.1 Å². The number of fused-ring (bicyclic) bond motifs is 1. The number of pyridine rings is 1. The van der Waals surface area contributed by atoms with E-state index < -0.39 is 6.23 Å². The van der Waals surface area contributed by atoms with Crippen molar-refractivity contribution in [2.75, 3.05) is 27.8 Å². The summed E-state index contributed by atoms with van der Waals surface area (Å²) in [4.78, 5) is 6.85. The standard InChI is InChI=1S/C31H43N3O4/c1-20(2)29(34(4)19-22-10-8-7-9-11-22)31(35)33-23-12-14-24(15-13-23)38-26-16-17-32-28-21(3)30(37-6)27(36-5)18-25(26)28/h8,10-14,16-18,20-21,24,29-31,33,35H,7,9,15,19H2,1-6H3. The third kappa shape index (κ3) is 6.40. The minimum absolute atomic E-state index is 0.0301. The lowest BCUT2D eigenvalue weighted by atomic mass is 9.88. The van der Waals surface area contributed by atoms with E-state index >= 15 is 0 Å². The van der Waals surface area contributed by atoms with E-state index in [1.54, 1.807) is 20.4 Å². The van der Waals surface area contributed by atoms with Crippen molar-refractivity contribution >= 4 is 6.08 Å². The zero-order valence-electron chi connectivity index (χ0n) is 23.6. The molecular formula is C31H43N3O4. The van der Waals surface area contributed by atoms with Gasteiger partial charge in [-0.05, 0) is 55.7 Å². The largest absolute Gasteiger partial charge is 0.498 e. The van der Waals surface area contributed by atoms with Crippen LogP contribution in [-0.4, -0.2) is 67.3 Å². The van der Waals surface area contributed by atoms with E-state index in [4.69, 9.17) is 14.2 Å². The van der Waals surface area contributed by atoms with Crippen LogP contribution in [0.5, 0.6) is 5.75 Å². The number of aliphatic hydroxyl groups is 1. The maximum Gasteiger partial charge on any atom is 0.140 e. The lowest BCUT2D eigenvalue weighted by molar-refractivity contribution is 0.0267. The molecule has 1 aromatic rings. The Hall–Kier alpha value is -2.87. The second-order valence-electron chi connectivity index (χ2n) is 10.7. The third-order valence-electron chi connectivity index (χ3n) is 7.60. The summed E-state index contributed by atoms with van der Waals surface area (Å²) in [6.45, 7) is 7.22. The molecule has 38 heavy (non-hydrogen) atoms. The van der Waals surface area contributed by atoms with Gasteiger partial charge in [-0.2, -0.15) is 0 Å². The predicted molar refractivity (Wildman–Crippen MR) is 152 cm³/mol. The maximum atomic E-state index is 11.1. The van der Waals surface area contributed by atoms with Crippen molar-refractivity contribution < 1.29 is 19.3 Å². The quantitative estimate of drug-likeness (QED) is 0.400. The number of likely N-dealkylation sites (N-methyl/N-ethyl adjacent to an activating group) is 1. The Morgan fingerprint density at radius 2 is 2.00 bits per heavy atom. The molecule has 206 valence electrons. The van der Waals surface area contributed by atoms with Gasteiger partial charge in [-0.3, -0.25) is 9.88 Å². The number of aliphatic hydroxyl groups excluding tert-OH is 1. The molecule has 0 bridgehead atoms. The van der Waals surface area contributed by atoms with Crippen LogP contribution in [-0.2, 0) is 9.47 Å².